The summed E-state index contributed by atoms with van der Waals surface area (Å²) in [6.07, 6.45) is 3.63. The molecule has 1 aliphatic heterocycles. The van der Waals surface area contributed by atoms with Gasteiger partial charge < -0.3 is 15.0 Å². The molecule has 1 N–H and O–H groups in total. The first kappa shape index (κ1) is 20.7. The fourth-order valence-corrected chi connectivity index (χ4v) is 3.43. The minimum atomic E-state index is -0.857. The molecule has 31 heavy (non-hydrogen) atoms. The lowest BCUT2D eigenvalue weighted by atomic mass is 10.1. The fourth-order valence-electron chi connectivity index (χ4n) is 3.43. The molecule has 0 bridgehead atoms. The van der Waals surface area contributed by atoms with Gasteiger partial charge >= 0.3 is 0 Å². The number of rotatable bonds is 6. The van der Waals surface area contributed by atoms with E-state index in [2.05, 4.69) is 20.4 Å². The van der Waals surface area contributed by atoms with Gasteiger partial charge in [-0.1, -0.05) is 12.1 Å². The van der Waals surface area contributed by atoms with Crippen molar-refractivity contribution in [1.29, 1.82) is 0 Å². The molecule has 160 valence electrons. The Morgan fingerprint density at radius 3 is 2.42 bits per heavy atom. The Morgan fingerprint density at radius 2 is 1.74 bits per heavy atom. The number of nitrogens with zero attached hydrogens (tertiary/aromatic N) is 3. The van der Waals surface area contributed by atoms with Crippen LogP contribution in [0.1, 0.15) is 19.3 Å². The number of amides is 1. The van der Waals surface area contributed by atoms with Gasteiger partial charge in [-0.05, 0) is 55.7 Å². The average molecular weight is 424 g/mol. The molecule has 8 heteroatoms. The summed E-state index contributed by atoms with van der Waals surface area (Å²) in [7, 11) is 0. The second-order valence-corrected chi connectivity index (χ2v) is 7.31. The third-order valence-corrected chi connectivity index (χ3v) is 5.05. The van der Waals surface area contributed by atoms with Gasteiger partial charge in [0.15, 0.2) is 24.0 Å². The summed E-state index contributed by atoms with van der Waals surface area (Å²) in [6.45, 7) is 1.63. The molecule has 6 nitrogen and oxygen atoms in total. The van der Waals surface area contributed by atoms with Gasteiger partial charge in [0.25, 0.3) is 5.91 Å². The molecular weight excluding hydrogens is 402 g/mol. The van der Waals surface area contributed by atoms with Crippen molar-refractivity contribution in [2.24, 2.45) is 0 Å². The summed E-state index contributed by atoms with van der Waals surface area (Å²) in [6, 6.07) is 14.0. The highest BCUT2D eigenvalue weighted by Gasteiger charge is 2.13. The van der Waals surface area contributed by atoms with E-state index < -0.39 is 24.1 Å². The molecule has 0 unspecified atom stereocenters. The number of carbonyl (C=O) groups is 1. The number of piperidine rings is 1. The lowest BCUT2D eigenvalue weighted by Crippen LogP contribution is -2.30. The van der Waals surface area contributed by atoms with E-state index in [4.69, 9.17) is 4.74 Å². The lowest BCUT2D eigenvalue weighted by Gasteiger charge is -2.27. The van der Waals surface area contributed by atoms with Gasteiger partial charge in [0.2, 0.25) is 0 Å². The molecule has 0 spiro atoms. The van der Waals surface area contributed by atoms with Crippen LogP contribution in [0, 0.1) is 11.6 Å². The first-order chi connectivity index (χ1) is 15.1. The molecule has 4 rings (SSSR count). The van der Waals surface area contributed by atoms with Crippen LogP contribution in [0.4, 0.5) is 20.3 Å². The SMILES string of the molecule is O=C(COc1ccc(F)cc1F)Nc1ccc(-c2ccc(N3CCCCC3)nn2)cc1. The number of hydrogen-bond acceptors (Lipinski definition) is 5. The Hall–Kier alpha value is -3.55. The van der Waals surface area contributed by atoms with E-state index in [-0.39, 0.29) is 5.75 Å². The van der Waals surface area contributed by atoms with E-state index in [0.717, 1.165) is 42.3 Å². The van der Waals surface area contributed by atoms with Crippen LogP contribution in [0.15, 0.2) is 54.6 Å². The van der Waals surface area contributed by atoms with Gasteiger partial charge in [-0.25, -0.2) is 8.78 Å². The molecule has 1 aromatic heterocycles. The first-order valence-corrected chi connectivity index (χ1v) is 10.2. The monoisotopic (exact) mass is 424 g/mol. The molecular formula is C23H22F2N4O2. The maximum Gasteiger partial charge on any atom is 0.262 e. The van der Waals surface area contributed by atoms with Gasteiger partial charge in [0.05, 0.1) is 5.69 Å². The predicted octanol–water partition coefficient (Wildman–Crippen LogP) is 4.43. The number of carbonyl (C=O) groups excluding carboxylic acids is 1. The van der Waals surface area contributed by atoms with Crippen molar-refractivity contribution in [3.8, 4) is 17.0 Å². The second kappa shape index (κ2) is 9.51. The van der Waals surface area contributed by atoms with Crippen LogP contribution >= 0.6 is 0 Å². The second-order valence-electron chi connectivity index (χ2n) is 7.31. The van der Waals surface area contributed by atoms with Gasteiger partial charge in [0, 0.05) is 30.4 Å². The largest absolute Gasteiger partial charge is 0.481 e. The number of benzene rings is 2. The smallest absolute Gasteiger partial charge is 0.262 e. The normalized spacial score (nSPS) is 13.7. The van der Waals surface area contributed by atoms with Crippen molar-refractivity contribution in [1.82, 2.24) is 10.2 Å². The van der Waals surface area contributed by atoms with Crippen molar-refractivity contribution < 1.29 is 18.3 Å². The molecule has 0 atom stereocenters. The number of ether oxygens (including phenoxy) is 1. The van der Waals surface area contributed by atoms with E-state index >= 15 is 0 Å². The molecule has 1 fully saturated rings. The van der Waals surface area contributed by atoms with Gasteiger partial charge in [-0.3, -0.25) is 4.79 Å². The highest BCUT2D eigenvalue weighted by atomic mass is 19.1. The molecule has 0 radical (unpaired) electrons. The van der Waals surface area contributed by atoms with Crippen LogP contribution in [0.5, 0.6) is 5.75 Å². The Kier molecular flexibility index (Phi) is 6.35. The standard InChI is InChI=1S/C23H22F2N4O2/c24-17-6-10-21(19(25)14-17)31-15-23(30)26-18-7-4-16(5-8-18)20-9-11-22(28-27-20)29-12-2-1-3-13-29/h4-11,14H,1-3,12-13,15H2,(H,26,30). The molecule has 2 aromatic carbocycles. The zero-order valence-corrected chi connectivity index (χ0v) is 16.9. The van der Waals surface area contributed by atoms with E-state index in [1.54, 1.807) is 12.1 Å². The maximum absolute atomic E-state index is 13.6. The average Bonchev–Trinajstić information content (AvgIpc) is 2.80. The van der Waals surface area contributed by atoms with Crippen molar-refractivity contribution >= 4 is 17.4 Å². The van der Waals surface area contributed by atoms with Crippen LogP contribution in [-0.4, -0.2) is 35.8 Å². The Morgan fingerprint density at radius 1 is 0.968 bits per heavy atom. The number of hydrogen-bond donors (Lipinski definition) is 1. The fraction of sp³-hybridized carbons (Fsp3) is 0.261. The molecule has 0 saturated carbocycles. The number of anilines is 2. The zero-order valence-electron chi connectivity index (χ0n) is 16.9. The molecule has 1 amide bonds. The summed E-state index contributed by atoms with van der Waals surface area (Å²) in [5, 5.41) is 11.4. The maximum atomic E-state index is 13.6. The first-order valence-electron chi connectivity index (χ1n) is 10.2. The lowest BCUT2D eigenvalue weighted by molar-refractivity contribution is -0.118. The molecule has 2 heterocycles. The van der Waals surface area contributed by atoms with Crippen LogP contribution < -0.4 is 15.0 Å². The van der Waals surface area contributed by atoms with Crippen LogP contribution in [0.3, 0.4) is 0 Å². The summed E-state index contributed by atoms with van der Waals surface area (Å²) in [5.74, 6) is -1.31. The van der Waals surface area contributed by atoms with Gasteiger partial charge in [-0.15, -0.1) is 10.2 Å². The summed E-state index contributed by atoms with van der Waals surface area (Å²) in [4.78, 5) is 14.3. The third kappa shape index (κ3) is 5.33. The molecule has 1 saturated heterocycles. The van der Waals surface area contributed by atoms with Crippen molar-refractivity contribution in [3.63, 3.8) is 0 Å². The van der Waals surface area contributed by atoms with E-state index in [0.29, 0.717) is 11.8 Å². The highest BCUT2D eigenvalue weighted by molar-refractivity contribution is 5.92. The topological polar surface area (TPSA) is 67.3 Å². The quantitative estimate of drug-likeness (QED) is 0.634. The summed E-state index contributed by atoms with van der Waals surface area (Å²) >= 11 is 0. The Balaban J connectivity index is 1.32. The molecule has 1 aliphatic rings. The van der Waals surface area contributed by atoms with Gasteiger partial charge in [0.1, 0.15) is 5.82 Å². The van der Waals surface area contributed by atoms with E-state index in [1.807, 2.05) is 24.3 Å². The van der Waals surface area contributed by atoms with Crippen molar-refractivity contribution in [2.45, 2.75) is 19.3 Å². The predicted molar refractivity (Wildman–Crippen MR) is 114 cm³/mol. The van der Waals surface area contributed by atoms with Crippen molar-refractivity contribution in [3.05, 3.63) is 66.2 Å². The molecule has 3 aromatic rings. The Bertz CT molecular complexity index is 1040. The minimum absolute atomic E-state index is 0.182. The van der Waals surface area contributed by atoms with E-state index in [1.165, 1.54) is 19.3 Å². The summed E-state index contributed by atoms with van der Waals surface area (Å²) < 4.78 is 31.6. The third-order valence-electron chi connectivity index (χ3n) is 5.05. The molecule has 0 aliphatic carbocycles. The van der Waals surface area contributed by atoms with Crippen LogP contribution in [0.25, 0.3) is 11.3 Å². The number of nitrogens with one attached hydrogen (secondary N) is 1. The minimum Gasteiger partial charge on any atom is -0.481 e. The zero-order chi connectivity index (χ0) is 21.6. The number of aromatic nitrogens is 2. The van der Waals surface area contributed by atoms with Gasteiger partial charge in [-0.2, -0.15) is 0 Å². The number of halogens is 2. The highest BCUT2D eigenvalue weighted by Crippen LogP contribution is 2.22. The summed E-state index contributed by atoms with van der Waals surface area (Å²) in [5.41, 5.74) is 2.18. The van der Waals surface area contributed by atoms with Crippen LogP contribution in [-0.2, 0) is 4.79 Å². The van der Waals surface area contributed by atoms with Crippen molar-refractivity contribution in [2.75, 3.05) is 29.9 Å². The van der Waals surface area contributed by atoms with Crippen LogP contribution in [0.2, 0.25) is 0 Å². The van der Waals surface area contributed by atoms with E-state index in [9.17, 15) is 13.6 Å². The Labute approximate surface area is 178 Å².